The molecule has 1 aliphatic heterocycles. The highest BCUT2D eigenvalue weighted by atomic mass is 19.1. The van der Waals surface area contributed by atoms with E-state index in [1.54, 1.807) is 23.1 Å². The van der Waals surface area contributed by atoms with Crippen LogP contribution in [0.15, 0.2) is 30.3 Å². The van der Waals surface area contributed by atoms with E-state index >= 15 is 0 Å². The zero-order valence-electron chi connectivity index (χ0n) is 12.4. The largest absolute Gasteiger partial charge is 0.481 e. The fourth-order valence-corrected chi connectivity index (χ4v) is 2.68. The third-order valence-corrected chi connectivity index (χ3v) is 3.89. The van der Waals surface area contributed by atoms with Crippen LogP contribution in [0.2, 0.25) is 0 Å². The molecule has 1 unspecified atom stereocenters. The lowest BCUT2D eigenvalue weighted by atomic mass is 9.93. The molecule has 5 heteroatoms. The Morgan fingerprint density at radius 2 is 2.05 bits per heavy atom. The molecule has 1 atom stereocenters. The van der Waals surface area contributed by atoms with Crippen LogP contribution >= 0.6 is 0 Å². The molecule has 0 aromatic heterocycles. The molecule has 1 aromatic rings. The van der Waals surface area contributed by atoms with Crippen molar-refractivity contribution in [2.75, 3.05) is 13.1 Å². The average Bonchev–Trinajstić information content (AvgIpc) is 2.52. The number of aliphatic carboxylic acids is 1. The maximum Gasteiger partial charge on any atom is 0.303 e. The normalized spacial score (nSPS) is 18.6. The Morgan fingerprint density at radius 1 is 1.32 bits per heavy atom. The zero-order valence-corrected chi connectivity index (χ0v) is 12.4. The number of likely N-dealkylation sites (tertiary alicyclic amines) is 1. The van der Waals surface area contributed by atoms with Crippen molar-refractivity contribution in [1.82, 2.24) is 4.90 Å². The van der Waals surface area contributed by atoms with Gasteiger partial charge in [-0.1, -0.05) is 12.1 Å². The van der Waals surface area contributed by atoms with Crippen LogP contribution in [0.1, 0.15) is 31.2 Å². The molecule has 1 heterocycles. The molecule has 1 fully saturated rings. The third-order valence-electron chi connectivity index (χ3n) is 3.89. The lowest BCUT2D eigenvalue weighted by Gasteiger charge is -2.32. The Bertz CT molecular complexity index is 554. The maximum absolute atomic E-state index is 12.8. The number of rotatable bonds is 5. The molecule has 0 saturated carbocycles. The molecule has 22 heavy (non-hydrogen) atoms. The minimum Gasteiger partial charge on any atom is -0.481 e. The van der Waals surface area contributed by atoms with Gasteiger partial charge < -0.3 is 10.0 Å². The smallest absolute Gasteiger partial charge is 0.303 e. The van der Waals surface area contributed by atoms with Gasteiger partial charge >= 0.3 is 5.97 Å². The molecule has 1 aliphatic rings. The summed E-state index contributed by atoms with van der Waals surface area (Å²) in [6.45, 7) is 1.32. The second-order valence-electron chi connectivity index (χ2n) is 5.61. The molecule has 1 saturated heterocycles. The molecule has 0 radical (unpaired) electrons. The van der Waals surface area contributed by atoms with Crippen molar-refractivity contribution >= 4 is 18.0 Å². The SMILES string of the molecule is O=C(O)CCC1CCCN(C(=O)/C=C/c2ccc(F)cc2)C1. The number of halogens is 1. The van der Waals surface area contributed by atoms with Gasteiger partial charge in [0.05, 0.1) is 0 Å². The first-order chi connectivity index (χ1) is 10.5. The van der Waals surface area contributed by atoms with Gasteiger partial charge in [0.15, 0.2) is 0 Å². The highest BCUT2D eigenvalue weighted by molar-refractivity contribution is 5.91. The predicted molar refractivity (Wildman–Crippen MR) is 81.6 cm³/mol. The van der Waals surface area contributed by atoms with E-state index in [1.807, 2.05) is 0 Å². The van der Waals surface area contributed by atoms with Gasteiger partial charge in [0.25, 0.3) is 0 Å². The van der Waals surface area contributed by atoms with Crippen LogP contribution in [0.25, 0.3) is 6.08 Å². The van der Waals surface area contributed by atoms with Gasteiger partial charge in [0, 0.05) is 25.6 Å². The van der Waals surface area contributed by atoms with Crippen molar-refractivity contribution in [2.24, 2.45) is 5.92 Å². The van der Waals surface area contributed by atoms with Crippen LogP contribution in [-0.2, 0) is 9.59 Å². The van der Waals surface area contributed by atoms with Gasteiger partial charge in [-0.15, -0.1) is 0 Å². The van der Waals surface area contributed by atoms with E-state index in [4.69, 9.17) is 5.11 Å². The summed E-state index contributed by atoms with van der Waals surface area (Å²) in [5.41, 5.74) is 0.772. The maximum atomic E-state index is 12.8. The van der Waals surface area contributed by atoms with E-state index in [9.17, 15) is 14.0 Å². The Labute approximate surface area is 129 Å². The molecule has 118 valence electrons. The lowest BCUT2D eigenvalue weighted by molar-refractivity contribution is -0.137. The number of carboxylic acid groups (broad SMARTS) is 1. The second kappa shape index (κ2) is 7.73. The summed E-state index contributed by atoms with van der Waals surface area (Å²) in [7, 11) is 0. The monoisotopic (exact) mass is 305 g/mol. The van der Waals surface area contributed by atoms with Gasteiger partial charge in [-0.25, -0.2) is 4.39 Å². The lowest BCUT2D eigenvalue weighted by Crippen LogP contribution is -2.39. The van der Waals surface area contributed by atoms with Gasteiger partial charge in [0.2, 0.25) is 5.91 Å². The predicted octanol–water partition coefficient (Wildman–Crippen LogP) is 2.94. The molecule has 0 aliphatic carbocycles. The van der Waals surface area contributed by atoms with Gasteiger partial charge in [-0.3, -0.25) is 9.59 Å². The van der Waals surface area contributed by atoms with Gasteiger partial charge in [-0.2, -0.15) is 0 Å². The standard InChI is InChI=1S/C17H20FNO3/c18-15-7-3-13(4-8-15)5-9-16(20)19-11-1-2-14(12-19)6-10-17(21)22/h3-5,7-9,14H,1-2,6,10-12H2,(H,21,22)/b9-5+. The summed E-state index contributed by atoms with van der Waals surface area (Å²) in [4.78, 5) is 24.6. The quantitative estimate of drug-likeness (QED) is 0.851. The van der Waals surface area contributed by atoms with Gasteiger partial charge in [-0.05, 0) is 49.0 Å². The highest BCUT2D eigenvalue weighted by Gasteiger charge is 2.22. The number of amides is 1. The van der Waals surface area contributed by atoms with Crippen LogP contribution in [-0.4, -0.2) is 35.0 Å². The van der Waals surface area contributed by atoms with Crippen molar-refractivity contribution in [2.45, 2.75) is 25.7 Å². The van der Waals surface area contributed by atoms with Crippen molar-refractivity contribution in [3.63, 3.8) is 0 Å². The third kappa shape index (κ3) is 4.98. The van der Waals surface area contributed by atoms with E-state index < -0.39 is 5.97 Å². The fourth-order valence-electron chi connectivity index (χ4n) is 2.68. The number of hydrogen-bond acceptors (Lipinski definition) is 2. The number of carboxylic acids is 1. The zero-order chi connectivity index (χ0) is 15.9. The summed E-state index contributed by atoms with van der Waals surface area (Å²) in [5.74, 6) is -0.919. The van der Waals surface area contributed by atoms with Crippen molar-refractivity contribution in [3.05, 3.63) is 41.7 Å². The molecule has 0 bridgehead atoms. The van der Waals surface area contributed by atoms with Crippen LogP contribution in [0.4, 0.5) is 4.39 Å². The molecule has 1 amide bonds. The number of nitrogens with zero attached hydrogens (tertiary/aromatic N) is 1. The van der Waals surface area contributed by atoms with Crippen LogP contribution in [0, 0.1) is 11.7 Å². The van der Waals surface area contributed by atoms with Crippen LogP contribution in [0.5, 0.6) is 0 Å². The highest BCUT2D eigenvalue weighted by Crippen LogP contribution is 2.21. The minimum absolute atomic E-state index is 0.0793. The van der Waals surface area contributed by atoms with E-state index in [1.165, 1.54) is 18.2 Å². The van der Waals surface area contributed by atoms with E-state index in [2.05, 4.69) is 0 Å². The fraction of sp³-hybridized carbons (Fsp3) is 0.412. The van der Waals surface area contributed by atoms with Crippen molar-refractivity contribution in [1.29, 1.82) is 0 Å². The van der Waals surface area contributed by atoms with Crippen molar-refractivity contribution in [3.8, 4) is 0 Å². The molecular weight excluding hydrogens is 285 g/mol. The molecule has 2 rings (SSSR count). The number of piperidine rings is 1. The Morgan fingerprint density at radius 3 is 2.73 bits per heavy atom. The Kier molecular flexibility index (Phi) is 5.69. The van der Waals surface area contributed by atoms with Crippen molar-refractivity contribution < 1.29 is 19.1 Å². The molecular formula is C17H20FNO3. The minimum atomic E-state index is -0.792. The Balaban J connectivity index is 1.88. The van der Waals surface area contributed by atoms with Crippen LogP contribution in [0.3, 0.4) is 0 Å². The first-order valence-corrected chi connectivity index (χ1v) is 7.49. The first-order valence-electron chi connectivity index (χ1n) is 7.49. The summed E-state index contributed by atoms with van der Waals surface area (Å²) in [6.07, 6.45) is 5.80. The topological polar surface area (TPSA) is 57.6 Å². The summed E-state index contributed by atoms with van der Waals surface area (Å²) in [5, 5.41) is 8.73. The van der Waals surface area contributed by atoms with Crippen LogP contribution < -0.4 is 0 Å². The van der Waals surface area contributed by atoms with E-state index in [0.717, 1.165) is 18.4 Å². The summed E-state index contributed by atoms with van der Waals surface area (Å²) < 4.78 is 12.8. The molecule has 1 aromatic carbocycles. The summed E-state index contributed by atoms with van der Waals surface area (Å²) in [6, 6.07) is 5.94. The number of benzene rings is 1. The number of carbonyl (C=O) groups is 2. The van der Waals surface area contributed by atoms with E-state index in [-0.39, 0.29) is 24.1 Å². The Hall–Kier alpha value is -2.17. The number of carbonyl (C=O) groups excluding carboxylic acids is 1. The first kappa shape index (κ1) is 16.2. The second-order valence-corrected chi connectivity index (χ2v) is 5.61. The average molecular weight is 305 g/mol. The van der Waals surface area contributed by atoms with Gasteiger partial charge in [0.1, 0.15) is 5.82 Å². The molecule has 0 spiro atoms. The summed E-state index contributed by atoms with van der Waals surface area (Å²) >= 11 is 0. The number of hydrogen-bond donors (Lipinski definition) is 1. The van der Waals surface area contributed by atoms with E-state index in [0.29, 0.717) is 19.5 Å². The molecule has 1 N–H and O–H groups in total. The molecule has 4 nitrogen and oxygen atoms in total.